The van der Waals surface area contributed by atoms with Crippen molar-refractivity contribution in [3.63, 3.8) is 0 Å². The Morgan fingerprint density at radius 1 is 1.13 bits per heavy atom. The van der Waals surface area contributed by atoms with Gasteiger partial charge in [-0.1, -0.05) is 23.9 Å². The zero-order valence-electron chi connectivity index (χ0n) is 15.5. The number of anilines is 1. The molecule has 0 bridgehead atoms. The van der Waals surface area contributed by atoms with Crippen LogP contribution in [0.5, 0.6) is 0 Å². The lowest BCUT2D eigenvalue weighted by molar-refractivity contribution is -0.141. The largest absolute Gasteiger partial charge is 0.433 e. The molecule has 0 spiro atoms. The predicted octanol–water partition coefficient (Wildman–Crippen LogP) is 4.19. The van der Waals surface area contributed by atoms with Crippen LogP contribution in [-0.2, 0) is 11.0 Å². The standard InChI is InChI=1S/C20H14F3N5OS/c1-24-18(29)16(17-26-8-6-15(28-17)20(21,22)23)19-27-13-5-4-11(9-14(13)30-19)12-3-2-7-25-10-12/h2-10,27H,1H3,(H,24,29)/b19-16+. The zero-order chi connectivity index (χ0) is 21.3. The Bertz CT molecular complexity index is 1150. The molecule has 0 saturated heterocycles. The summed E-state index contributed by atoms with van der Waals surface area (Å²) in [6, 6.07) is 10.2. The SMILES string of the molecule is CNC(=O)/C(=C1\Nc2ccc(-c3cccnc3)cc2S1)c1nccc(C(F)(F)F)n1. The number of hydrogen-bond acceptors (Lipinski definition) is 6. The fourth-order valence-corrected chi connectivity index (χ4v) is 3.94. The molecule has 1 aliphatic rings. The van der Waals surface area contributed by atoms with E-state index in [0.717, 1.165) is 34.0 Å². The lowest BCUT2D eigenvalue weighted by atomic mass is 10.1. The Morgan fingerprint density at radius 3 is 2.67 bits per heavy atom. The van der Waals surface area contributed by atoms with Crippen molar-refractivity contribution in [3.05, 3.63) is 71.5 Å². The molecule has 0 atom stereocenters. The fraction of sp³-hybridized carbons (Fsp3) is 0.100. The number of thioether (sulfide) groups is 1. The minimum atomic E-state index is -4.64. The van der Waals surface area contributed by atoms with E-state index in [1.165, 1.54) is 18.8 Å². The van der Waals surface area contributed by atoms with E-state index in [4.69, 9.17) is 0 Å². The van der Waals surface area contributed by atoms with Gasteiger partial charge in [0.15, 0.2) is 5.82 Å². The van der Waals surface area contributed by atoms with Crippen LogP contribution in [0, 0.1) is 0 Å². The van der Waals surface area contributed by atoms with Crippen LogP contribution in [0.2, 0.25) is 0 Å². The van der Waals surface area contributed by atoms with Crippen molar-refractivity contribution < 1.29 is 18.0 Å². The van der Waals surface area contributed by atoms with E-state index in [-0.39, 0.29) is 11.4 Å². The lowest BCUT2D eigenvalue weighted by Gasteiger charge is -2.11. The van der Waals surface area contributed by atoms with Gasteiger partial charge in [-0.15, -0.1) is 0 Å². The minimum Gasteiger partial charge on any atom is -0.355 e. The van der Waals surface area contributed by atoms with E-state index in [1.807, 2.05) is 30.3 Å². The molecule has 1 aliphatic heterocycles. The second kappa shape index (κ2) is 7.79. The summed E-state index contributed by atoms with van der Waals surface area (Å²) in [5.74, 6) is -0.899. The number of carbonyl (C=O) groups excluding carboxylic acids is 1. The van der Waals surface area contributed by atoms with Gasteiger partial charge in [-0.05, 0) is 29.8 Å². The molecule has 0 radical (unpaired) electrons. The highest BCUT2D eigenvalue weighted by Crippen LogP contribution is 2.45. The number of aromatic nitrogens is 3. The number of likely N-dealkylation sites (N-methyl/N-ethyl adjacent to an activating group) is 1. The van der Waals surface area contributed by atoms with Crippen molar-refractivity contribution in [1.29, 1.82) is 0 Å². The van der Waals surface area contributed by atoms with Gasteiger partial charge in [0.1, 0.15) is 11.3 Å². The molecule has 0 unspecified atom stereocenters. The van der Waals surface area contributed by atoms with Gasteiger partial charge >= 0.3 is 6.18 Å². The second-order valence-corrected chi connectivity index (χ2v) is 7.28. The number of amides is 1. The summed E-state index contributed by atoms with van der Waals surface area (Å²) in [4.78, 5) is 24.9. The van der Waals surface area contributed by atoms with E-state index in [1.54, 1.807) is 12.4 Å². The molecule has 0 fully saturated rings. The first-order chi connectivity index (χ1) is 14.4. The monoisotopic (exact) mass is 429 g/mol. The summed E-state index contributed by atoms with van der Waals surface area (Å²) < 4.78 is 39.2. The number of benzene rings is 1. The highest BCUT2D eigenvalue weighted by molar-refractivity contribution is 8.04. The first-order valence-corrected chi connectivity index (χ1v) is 9.55. The van der Waals surface area contributed by atoms with Crippen LogP contribution in [0.3, 0.4) is 0 Å². The molecule has 30 heavy (non-hydrogen) atoms. The topological polar surface area (TPSA) is 79.8 Å². The third-order valence-corrected chi connectivity index (χ3v) is 5.36. The van der Waals surface area contributed by atoms with Crippen LogP contribution in [0.4, 0.5) is 18.9 Å². The quantitative estimate of drug-likeness (QED) is 0.608. The average molecular weight is 429 g/mol. The molecule has 0 saturated carbocycles. The highest BCUT2D eigenvalue weighted by Gasteiger charge is 2.34. The molecule has 152 valence electrons. The molecular formula is C20H14F3N5OS. The molecule has 2 N–H and O–H groups in total. The lowest BCUT2D eigenvalue weighted by Crippen LogP contribution is -2.23. The zero-order valence-corrected chi connectivity index (χ0v) is 16.3. The van der Waals surface area contributed by atoms with Crippen molar-refractivity contribution in [2.45, 2.75) is 11.1 Å². The maximum atomic E-state index is 13.1. The molecular weight excluding hydrogens is 415 g/mol. The van der Waals surface area contributed by atoms with Crippen LogP contribution >= 0.6 is 11.8 Å². The first kappa shape index (κ1) is 19.9. The molecule has 10 heteroatoms. The Labute approximate surface area is 173 Å². The molecule has 3 heterocycles. The summed E-state index contributed by atoms with van der Waals surface area (Å²) in [7, 11) is 1.39. The van der Waals surface area contributed by atoms with Gasteiger partial charge in [-0.2, -0.15) is 13.2 Å². The fourth-order valence-electron chi connectivity index (χ4n) is 2.86. The van der Waals surface area contributed by atoms with Gasteiger partial charge in [0.05, 0.1) is 10.7 Å². The third-order valence-electron chi connectivity index (χ3n) is 4.29. The van der Waals surface area contributed by atoms with Gasteiger partial charge in [0.2, 0.25) is 0 Å². The van der Waals surface area contributed by atoms with Crippen molar-refractivity contribution in [1.82, 2.24) is 20.3 Å². The van der Waals surface area contributed by atoms with Crippen LogP contribution in [0.25, 0.3) is 16.7 Å². The van der Waals surface area contributed by atoms with Crippen molar-refractivity contribution in [2.75, 3.05) is 12.4 Å². The Balaban J connectivity index is 1.76. The molecule has 1 amide bonds. The molecule has 0 aliphatic carbocycles. The number of nitrogens with one attached hydrogen (secondary N) is 2. The van der Waals surface area contributed by atoms with Crippen LogP contribution in [0.15, 0.2) is 64.9 Å². The predicted molar refractivity (Wildman–Crippen MR) is 107 cm³/mol. The smallest absolute Gasteiger partial charge is 0.355 e. The number of halogens is 3. The van der Waals surface area contributed by atoms with E-state index in [2.05, 4.69) is 25.6 Å². The van der Waals surface area contributed by atoms with E-state index in [9.17, 15) is 18.0 Å². The molecule has 4 rings (SSSR count). The first-order valence-electron chi connectivity index (χ1n) is 8.73. The van der Waals surface area contributed by atoms with Gasteiger partial charge in [-0.3, -0.25) is 9.78 Å². The molecule has 2 aromatic heterocycles. The normalized spacial score (nSPS) is 14.7. The summed E-state index contributed by atoms with van der Waals surface area (Å²) in [5.41, 5.74) is 1.40. The summed E-state index contributed by atoms with van der Waals surface area (Å²) in [6.07, 6.45) is -0.243. The van der Waals surface area contributed by atoms with Crippen molar-refractivity contribution >= 4 is 28.9 Å². The minimum absolute atomic E-state index is 0.0623. The Hall–Kier alpha value is -3.40. The molecule has 1 aromatic carbocycles. The average Bonchev–Trinajstić information content (AvgIpc) is 3.16. The van der Waals surface area contributed by atoms with Gasteiger partial charge < -0.3 is 10.6 Å². The van der Waals surface area contributed by atoms with Crippen LogP contribution in [-0.4, -0.2) is 27.9 Å². The van der Waals surface area contributed by atoms with Crippen molar-refractivity contribution in [3.8, 4) is 11.1 Å². The number of pyridine rings is 1. The van der Waals surface area contributed by atoms with Crippen LogP contribution < -0.4 is 10.6 Å². The van der Waals surface area contributed by atoms with E-state index >= 15 is 0 Å². The number of hydrogen-bond donors (Lipinski definition) is 2. The number of nitrogens with zero attached hydrogens (tertiary/aromatic N) is 3. The van der Waals surface area contributed by atoms with E-state index < -0.39 is 17.8 Å². The number of fused-ring (bicyclic) bond motifs is 1. The van der Waals surface area contributed by atoms with Gasteiger partial charge in [-0.25, -0.2) is 9.97 Å². The maximum Gasteiger partial charge on any atom is 0.433 e. The number of alkyl halides is 3. The summed E-state index contributed by atoms with van der Waals surface area (Å²) in [6.45, 7) is 0. The van der Waals surface area contributed by atoms with Crippen LogP contribution in [0.1, 0.15) is 11.5 Å². The molecule has 6 nitrogen and oxygen atoms in total. The van der Waals surface area contributed by atoms with Gasteiger partial charge in [0.25, 0.3) is 5.91 Å². The van der Waals surface area contributed by atoms with Crippen molar-refractivity contribution in [2.24, 2.45) is 0 Å². The Morgan fingerprint density at radius 2 is 1.97 bits per heavy atom. The number of carbonyl (C=O) groups is 1. The second-order valence-electron chi connectivity index (χ2n) is 6.23. The van der Waals surface area contributed by atoms with E-state index in [0.29, 0.717) is 5.03 Å². The number of rotatable bonds is 3. The summed E-state index contributed by atoms with van der Waals surface area (Å²) >= 11 is 1.23. The highest BCUT2D eigenvalue weighted by atomic mass is 32.2. The maximum absolute atomic E-state index is 13.1. The van der Waals surface area contributed by atoms with Gasteiger partial charge in [0, 0.05) is 36.1 Å². The molecule has 3 aromatic rings. The summed E-state index contributed by atoms with van der Waals surface area (Å²) in [5, 5.41) is 5.89. The Kier molecular flexibility index (Phi) is 5.17. The third kappa shape index (κ3) is 3.86.